The van der Waals surface area contributed by atoms with Gasteiger partial charge in [0.05, 0.1) is 12.6 Å². The van der Waals surface area contributed by atoms with Gasteiger partial charge in [0.15, 0.2) is 0 Å². The number of aliphatic hydroxyl groups is 2. The van der Waals surface area contributed by atoms with Crippen LogP contribution in [-0.4, -0.2) is 41.3 Å². The maximum absolute atomic E-state index is 9.08. The Kier molecular flexibility index (Phi) is 2.22. The molecule has 0 aromatic carbocycles. The lowest BCUT2D eigenvalue weighted by molar-refractivity contribution is -0.141. The maximum Gasteiger partial charge on any atom is 0.134 e. The summed E-state index contributed by atoms with van der Waals surface area (Å²) in [5.74, 6) is 0. The molecule has 10 heavy (non-hydrogen) atoms. The molecule has 1 unspecified atom stereocenters. The molecule has 1 rings (SSSR count). The molecule has 5 heteroatoms. The van der Waals surface area contributed by atoms with Crippen LogP contribution in [-0.2, 0) is 4.74 Å². The molecule has 5 nitrogen and oxygen atoms in total. The minimum absolute atomic E-state index is 0.194. The Morgan fingerprint density at radius 1 is 1.20 bits per heavy atom. The molecule has 1 heterocycles. The molecule has 1 saturated heterocycles. The van der Waals surface area contributed by atoms with Crippen LogP contribution in [0.2, 0.25) is 0 Å². The Morgan fingerprint density at radius 3 is 2.30 bits per heavy atom. The van der Waals surface area contributed by atoms with Crippen molar-refractivity contribution in [3.8, 4) is 0 Å². The number of aliphatic hydroxyl groups excluding tert-OH is 2. The minimum Gasteiger partial charge on any atom is -0.389 e. The molecule has 1 aliphatic heterocycles. The average molecular weight is 148 g/mol. The minimum atomic E-state index is -1.07. The van der Waals surface area contributed by atoms with E-state index in [9.17, 15) is 0 Å². The van der Waals surface area contributed by atoms with Crippen LogP contribution < -0.4 is 11.5 Å². The SMILES string of the molecule is N[C@@H]1OC[C@H](N)C(O)[C@@H]1O. The van der Waals surface area contributed by atoms with Gasteiger partial charge < -0.3 is 26.4 Å². The highest BCUT2D eigenvalue weighted by Crippen LogP contribution is 2.09. The van der Waals surface area contributed by atoms with Crippen molar-refractivity contribution < 1.29 is 14.9 Å². The number of nitrogens with two attached hydrogens (primary N) is 2. The molecule has 0 amide bonds. The zero-order chi connectivity index (χ0) is 7.72. The lowest BCUT2D eigenvalue weighted by atomic mass is 10.0. The third-order valence-electron chi connectivity index (χ3n) is 1.61. The van der Waals surface area contributed by atoms with Crippen molar-refractivity contribution in [1.82, 2.24) is 0 Å². The van der Waals surface area contributed by atoms with Crippen LogP contribution in [0.25, 0.3) is 0 Å². The molecule has 0 saturated carbocycles. The molecular formula is C5H12N2O3. The average Bonchev–Trinajstić information content (AvgIpc) is 1.93. The first-order valence-electron chi connectivity index (χ1n) is 3.12. The van der Waals surface area contributed by atoms with Gasteiger partial charge in [-0.1, -0.05) is 0 Å². The monoisotopic (exact) mass is 148 g/mol. The van der Waals surface area contributed by atoms with E-state index in [0.717, 1.165) is 0 Å². The highest BCUT2D eigenvalue weighted by molar-refractivity contribution is 4.85. The zero-order valence-electron chi connectivity index (χ0n) is 5.47. The molecule has 1 aliphatic rings. The molecule has 0 aromatic rings. The number of hydrogen-bond donors (Lipinski definition) is 4. The lowest BCUT2D eigenvalue weighted by Crippen LogP contribution is -2.59. The van der Waals surface area contributed by atoms with Gasteiger partial charge in [0.25, 0.3) is 0 Å². The molecule has 1 fully saturated rings. The van der Waals surface area contributed by atoms with E-state index < -0.39 is 24.5 Å². The Balaban J connectivity index is 2.52. The Hall–Kier alpha value is -0.200. The fraction of sp³-hybridized carbons (Fsp3) is 1.00. The van der Waals surface area contributed by atoms with Gasteiger partial charge in [0.1, 0.15) is 18.4 Å². The van der Waals surface area contributed by atoms with E-state index in [0.29, 0.717) is 0 Å². The van der Waals surface area contributed by atoms with E-state index in [-0.39, 0.29) is 6.61 Å². The van der Waals surface area contributed by atoms with Crippen LogP contribution in [0, 0.1) is 0 Å². The molecular weight excluding hydrogens is 136 g/mol. The van der Waals surface area contributed by atoms with Crippen molar-refractivity contribution in [1.29, 1.82) is 0 Å². The summed E-state index contributed by atoms with van der Waals surface area (Å²) in [5.41, 5.74) is 10.6. The fourth-order valence-corrected chi connectivity index (χ4v) is 0.867. The highest BCUT2D eigenvalue weighted by Gasteiger charge is 2.34. The molecule has 60 valence electrons. The van der Waals surface area contributed by atoms with E-state index in [2.05, 4.69) is 0 Å². The van der Waals surface area contributed by atoms with Crippen molar-refractivity contribution in [3.05, 3.63) is 0 Å². The van der Waals surface area contributed by atoms with Crippen LogP contribution in [0.5, 0.6) is 0 Å². The third-order valence-corrected chi connectivity index (χ3v) is 1.61. The molecule has 0 radical (unpaired) electrons. The fourth-order valence-electron chi connectivity index (χ4n) is 0.867. The normalized spacial score (nSPS) is 49.2. The summed E-state index contributed by atoms with van der Waals surface area (Å²) in [6.45, 7) is 0.194. The Labute approximate surface area is 58.6 Å². The van der Waals surface area contributed by atoms with Crippen molar-refractivity contribution in [2.24, 2.45) is 11.5 Å². The van der Waals surface area contributed by atoms with Crippen LogP contribution in [0.4, 0.5) is 0 Å². The molecule has 0 aliphatic carbocycles. The number of rotatable bonds is 0. The van der Waals surface area contributed by atoms with E-state index in [1.54, 1.807) is 0 Å². The predicted molar refractivity (Wildman–Crippen MR) is 33.9 cm³/mol. The summed E-state index contributed by atoms with van der Waals surface area (Å²) in [6.07, 6.45) is -2.85. The first-order chi connectivity index (χ1) is 4.63. The summed E-state index contributed by atoms with van der Waals surface area (Å²) in [6, 6.07) is -0.533. The third kappa shape index (κ3) is 1.28. The van der Waals surface area contributed by atoms with Crippen LogP contribution in [0.15, 0.2) is 0 Å². The zero-order valence-corrected chi connectivity index (χ0v) is 5.47. The van der Waals surface area contributed by atoms with Crippen molar-refractivity contribution in [2.45, 2.75) is 24.5 Å². The second kappa shape index (κ2) is 2.81. The van der Waals surface area contributed by atoms with E-state index in [1.165, 1.54) is 0 Å². The van der Waals surface area contributed by atoms with E-state index >= 15 is 0 Å². The molecule has 6 N–H and O–H groups in total. The van der Waals surface area contributed by atoms with E-state index in [1.807, 2.05) is 0 Å². The predicted octanol–water partition coefficient (Wildman–Crippen LogP) is -2.65. The molecule has 4 atom stereocenters. The number of ether oxygens (including phenoxy) is 1. The van der Waals surface area contributed by atoms with Crippen LogP contribution in [0.3, 0.4) is 0 Å². The van der Waals surface area contributed by atoms with Gasteiger partial charge in [-0.05, 0) is 0 Å². The topological polar surface area (TPSA) is 102 Å². The van der Waals surface area contributed by atoms with Gasteiger partial charge >= 0.3 is 0 Å². The van der Waals surface area contributed by atoms with Crippen molar-refractivity contribution in [2.75, 3.05) is 6.61 Å². The van der Waals surface area contributed by atoms with Crippen molar-refractivity contribution in [3.63, 3.8) is 0 Å². The first kappa shape index (κ1) is 7.90. The van der Waals surface area contributed by atoms with Gasteiger partial charge in [-0.2, -0.15) is 0 Å². The lowest BCUT2D eigenvalue weighted by Gasteiger charge is -2.33. The van der Waals surface area contributed by atoms with Crippen LogP contribution >= 0.6 is 0 Å². The highest BCUT2D eigenvalue weighted by atomic mass is 16.5. The van der Waals surface area contributed by atoms with E-state index in [4.69, 9.17) is 26.4 Å². The van der Waals surface area contributed by atoms with Gasteiger partial charge in [-0.3, -0.25) is 0 Å². The summed E-state index contributed by atoms with van der Waals surface area (Å²) >= 11 is 0. The molecule has 0 aromatic heterocycles. The summed E-state index contributed by atoms with van der Waals surface area (Å²) in [4.78, 5) is 0. The quantitative estimate of drug-likeness (QED) is 0.300. The maximum atomic E-state index is 9.08. The first-order valence-corrected chi connectivity index (χ1v) is 3.12. The Morgan fingerprint density at radius 2 is 1.80 bits per heavy atom. The largest absolute Gasteiger partial charge is 0.389 e. The van der Waals surface area contributed by atoms with Gasteiger partial charge in [-0.15, -0.1) is 0 Å². The summed E-state index contributed by atoms with van der Waals surface area (Å²) in [7, 11) is 0. The standard InChI is InChI=1S/C5H12N2O3/c6-2-1-10-5(7)4(9)3(2)8/h2-5,8-9H,1,6-7H2/t2-,3?,4-,5+/m0/s1. The molecule has 0 bridgehead atoms. The van der Waals surface area contributed by atoms with Gasteiger partial charge in [0.2, 0.25) is 0 Å². The van der Waals surface area contributed by atoms with Crippen LogP contribution in [0.1, 0.15) is 0 Å². The summed E-state index contributed by atoms with van der Waals surface area (Å²) in [5, 5.41) is 18.1. The second-order valence-corrected chi connectivity index (χ2v) is 2.44. The smallest absolute Gasteiger partial charge is 0.134 e. The molecule has 0 spiro atoms. The second-order valence-electron chi connectivity index (χ2n) is 2.44. The summed E-state index contributed by atoms with van der Waals surface area (Å²) < 4.78 is 4.82. The van der Waals surface area contributed by atoms with Gasteiger partial charge in [0, 0.05) is 0 Å². The Bertz CT molecular complexity index is 107. The van der Waals surface area contributed by atoms with Gasteiger partial charge in [-0.25, -0.2) is 0 Å². The van der Waals surface area contributed by atoms with Crippen molar-refractivity contribution >= 4 is 0 Å². The number of hydrogen-bond acceptors (Lipinski definition) is 5.